The first-order valence-electron chi connectivity index (χ1n) is 11.5. The fourth-order valence-electron chi connectivity index (χ4n) is 4.43. The fourth-order valence-corrected chi connectivity index (χ4v) is 4.43. The van der Waals surface area contributed by atoms with Crippen molar-refractivity contribution in [2.45, 2.75) is 71.4 Å². The second kappa shape index (κ2) is 13.7. The molecule has 0 aromatic rings. The molecule has 0 spiro atoms. The number of nitrogens with one attached hydrogen (secondary N) is 2. The van der Waals surface area contributed by atoms with Crippen molar-refractivity contribution in [1.82, 2.24) is 20.4 Å². The first-order chi connectivity index (χ1) is 13.9. The molecular weight excluding hydrogens is 493 g/mol. The van der Waals surface area contributed by atoms with E-state index in [4.69, 9.17) is 9.73 Å². The standard InChI is InChI=1S/C22H43N5O2.HI/c1-6-23-21(24-17-22(11-7-8-12-22)20(28)26(4)5)25-19-9-13-27(14-10-19)15-16-29-18(2)3;/h18-19H,6-17H2,1-5H3,(H2,23,24,25);1H. The van der Waals surface area contributed by atoms with Gasteiger partial charge in [-0.3, -0.25) is 9.79 Å². The van der Waals surface area contributed by atoms with E-state index in [0.29, 0.717) is 18.7 Å². The summed E-state index contributed by atoms with van der Waals surface area (Å²) < 4.78 is 5.68. The van der Waals surface area contributed by atoms with Crippen molar-refractivity contribution in [3.8, 4) is 0 Å². The molecule has 1 heterocycles. The molecule has 2 rings (SSSR count). The average Bonchev–Trinajstić information content (AvgIpc) is 3.17. The number of amides is 1. The van der Waals surface area contributed by atoms with Crippen molar-refractivity contribution >= 4 is 35.8 Å². The quantitative estimate of drug-likeness (QED) is 0.269. The predicted molar refractivity (Wildman–Crippen MR) is 135 cm³/mol. The van der Waals surface area contributed by atoms with Gasteiger partial charge in [0.15, 0.2) is 5.96 Å². The Morgan fingerprint density at radius 1 is 1.23 bits per heavy atom. The van der Waals surface area contributed by atoms with Crippen molar-refractivity contribution < 1.29 is 9.53 Å². The second-order valence-corrected chi connectivity index (χ2v) is 9.06. The second-order valence-electron chi connectivity index (χ2n) is 9.06. The summed E-state index contributed by atoms with van der Waals surface area (Å²) in [7, 11) is 3.71. The molecule has 0 aromatic heterocycles. The van der Waals surface area contributed by atoms with Gasteiger partial charge in [-0.15, -0.1) is 24.0 Å². The van der Waals surface area contributed by atoms with Crippen LogP contribution in [0, 0.1) is 5.41 Å². The molecule has 1 aliphatic carbocycles. The molecule has 2 fully saturated rings. The van der Waals surface area contributed by atoms with Crippen LogP contribution >= 0.6 is 24.0 Å². The number of guanidine groups is 1. The molecule has 1 saturated carbocycles. The Hall–Kier alpha value is -0.610. The van der Waals surface area contributed by atoms with Crippen LogP contribution in [0.4, 0.5) is 0 Å². The number of carbonyl (C=O) groups excluding carboxylic acids is 1. The molecule has 7 nitrogen and oxygen atoms in total. The molecule has 176 valence electrons. The number of halogens is 1. The Labute approximate surface area is 200 Å². The van der Waals surface area contributed by atoms with Gasteiger partial charge < -0.3 is 25.2 Å². The van der Waals surface area contributed by atoms with Crippen molar-refractivity contribution in [2.75, 3.05) is 53.4 Å². The van der Waals surface area contributed by atoms with Gasteiger partial charge in [-0.25, -0.2) is 0 Å². The molecule has 1 saturated heterocycles. The maximum absolute atomic E-state index is 12.8. The highest BCUT2D eigenvalue weighted by Gasteiger charge is 2.42. The summed E-state index contributed by atoms with van der Waals surface area (Å²) >= 11 is 0. The van der Waals surface area contributed by atoms with Crippen LogP contribution in [0.3, 0.4) is 0 Å². The first-order valence-corrected chi connectivity index (χ1v) is 11.5. The third-order valence-electron chi connectivity index (χ3n) is 6.09. The largest absolute Gasteiger partial charge is 0.377 e. The molecule has 2 N–H and O–H groups in total. The third kappa shape index (κ3) is 8.49. The zero-order chi connectivity index (χ0) is 21.3. The Morgan fingerprint density at radius 2 is 1.87 bits per heavy atom. The predicted octanol–water partition coefficient (Wildman–Crippen LogP) is 2.70. The fraction of sp³-hybridized carbons (Fsp3) is 0.909. The molecule has 1 amide bonds. The van der Waals surface area contributed by atoms with Crippen LogP contribution in [0.1, 0.15) is 59.3 Å². The number of ether oxygens (including phenoxy) is 1. The lowest BCUT2D eigenvalue weighted by molar-refractivity contribution is -0.138. The van der Waals surface area contributed by atoms with E-state index in [1.807, 2.05) is 14.1 Å². The normalized spacial score (nSPS) is 20.1. The summed E-state index contributed by atoms with van der Waals surface area (Å²) in [5.41, 5.74) is -0.314. The Kier molecular flexibility index (Phi) is 12.5. The number of nitrogens with zero attached hydrogens (tertiary/aromatic N) is 3. The summed E-state index contributed by atoms with van der Waals surface area (Å²) in [6.45, 7) is 11.6. The zero-order valence-electron chi connectivity index (χ0n) is 19.7. The van der Waals surface area contributed by atoms with E-state index in [1.165, 1.54) is 0 Å². The van der Waals surface area contributed by atoms with Gasteiger partial charge in [-0.2, -0.15) is 0 Å². The molecular formula is C22H44IN5O2. The molecule has 0 aromatic carbocycles. The minimum Gasteiger partial charge on any atom is -0.377 e. The number of aliphatic imine (C=N–C) groups is 1. The van der Waals surface area contributed by atoms with E-state index in [9.17, 15) is 4.79 Å². The zero-order valence-corrected chi connectivity index (χ0v) is 22.0. The van der Waals surface area contributed by atoms with Gasteiger partial charge >= 0.3 is 0 Å². The highest BCUT2D eigenvalue weighted by Crippen LogP contribution is 2.39. The SMILES string of the molecule is CCNC(=NCC1(C(=O)N(C)C)CCCC1)NC1CCN(CCOC(C)C)CC1.I. The lowest BCUT2D eigenvalue weighted by Crippen LogP contribution is -2.49. The molecule has 30 heavy (non-hydrogen) atoms. The molecule has 0 radical (unpaired) electrons. The van der Waals surface area contributed by atoms with E-state index in [1.54, 1.807) is 4.90 Å². The molecule has 2 aliphatic rings. The van der Waals surface area contributed by atoms with Crippen LogP contribution in [0.15, 0.2) is 4.99 Å². The average molecular weight is 538 g/mol. The molecule has 8 heteroatoms. The van der Waals surface area contributed by atoms with E-state index in [0.717, 1.165) is 77.3 Å². The molecule has 0 atom stereocenters. The van der Waals surface area contributed by atoms with Gasteiger partial charge in [-0.05, 0) is 46.5 Å². The van der Waals surface area contributed by atoms with Crippen molar-refractivity contribution in [3.63, 3.8) is 0 Å². The topological polar surface area (TPSA) is 69.2 Å². The Bertz CT molecular complexity index is 528. The summed E-state index contributed by atoms with van der Waals surface area (Å²) in [6, 6.07) is 0.430. The van der Waals surface area contributed by atoms with Crippen LogP contribution in [0.2, 0.25) is 0 Å². The maximum atomic E-state index is 12.8. The van der Waals surface area contributed by atoms with Crippen LogP contribution in [-0.4, -0.2) is 87.2 Å². The summed E-state index contributed by atoms with van der Waals surface area (Å²) in [4.78, 5) is 21.9. The highest BCUT2D eigenvalue weighted by atomic mass is 127. The number of carbonyl (C=O) groups is 1. The Balaban J connectivity index is 0.00000450. The number of likely N-dealkylation sites (tertiary alicyclic amines) is 1. The van der Waals surface area contributed by atoms with E-state index < -0.39 is 0 Å². The van der Waals surface area contributed by atoms with Crippen LogP contribution in [-0.2, 0) is 9.53 Å². The number of rotatable bonds is 9. The highest BCUT2D eigenvalue weighted by molar-refractivity contribution is 14.0. The molecule has 0 unspecified atom stereocenters. The minimum atomic E-state index is -0.314. The van der Waals surface area contributed by atoms with Crippen LogP contribution < -0.4 is 10.6 Å². The van der Waals surface area contributed by atoms with Crippen molar-refractivity contribution in [3.05, 3.63) is 0 Å². The molecule has 1 aliphatic heterocycles. The van der Waals surface area contributed by atoms with Gasteiger partial charge in [0, 0.05) is 46.3 Å². The summed E-state index contributed by atoms with van der Waals surface area (Å²) in [5.74, 6) is 1.08. The van der Waals surface area contributed by atoms with Gasteiger partial charge in [-0.1, -0.05) is 12.8 Å². The smallest absolute Gasteiger partial charge is 0.230 e. The first kappa shape index (κ1) is 27.4. The summed E-state index contributed by atoms with van der Waals surface area (Å²) in [6.07, 6.45) is 6.65. The third-order valence-corrected chi connectivity index (χ3v) is 6.09. The lowest BCUT2D eigenvalue weighted by Gasteiger charge is -2.33. The van der Waals surface area contributed by atoms with E-state index in [-0.39, 0.29) is 35.3 Å². The number of piperidine rings is 1. The van der Waals surface area contributed by atoms with Crippen molar-refractivity contribution in [1.29, 1.82) is 0 Å². The van der Waals surface area contributed by atoms with Crippen LogP contribution in [0.25, 0.3) is 0 Å². The minimum absolute atomic E-state index is 0. The monoisotopic (exact) mass is 537 g/mol. The maximum Gasteiger partial charge on any atom is 0.230 e. The molecule has 0 bridgehead atoms. The van der Waals surface area contributed by atoms with Gasteiger partial charge in [0.05, 0.1) is 24.7 Å². The van der Waals surface area contributed by atoms with E-state index >= 15 is 0 Å². The van der Waals surface area contributed by atoms with Gasteiger partial charge in [0.25, 0.3) is 0 Å². The lowest BCUT2D eigenvalue weighted by atomic mass is 9.85. The van der Waals surface area contributed by atoms with Gasteiger partial charge in [0.1, 0.15) is 0 Å². The number of hydrogen-bond donors (Lipinski definition) is 2. The van der Waals surface area contributed by atoms with Crippen molar-refractivity contribution in [2.24, 2.45) is 10.4 Å². The summed E-state index contributed by atoms with van der Waals surface area (Å²) in [5, 5.41) is 6.99. The Morgan fingerprint density at radius 3 is 2.40 bits per heavy atom. The van der Waals surface area contributed by atoms with E-state index in [2.05, 4.69) is 36.3 Å². The van der Waals surface area contributed by atoms with Crippen LogP contribution in [0.5, 0.6) is 0 Å². The number of hydrogen-bond acceptors (Lipinski definition) is 4. The van der Waals surface area contributed by atoms with Gasteiger partial charge in [0.2, 0.25) is 5.91 Å².